The maximum absolute atomic E-state index is 12.9. The lowest BCUT2D eigenvalue weighted by molar-refractivity contribution is -0.149. The monoisotopic (exact) mass is 365 g/mol. The number of hydrogen-bond donors (Lipinski definition) is 4. The van der Waals surface area contributed by atoms with E-state index in [-0.39, 0.29) is 18.2 Å². The fourth-order valence-corrected chi connectivity index (χ4v) is 3.18. The molecule has 26 heavy (non-hydrogen) atoms. The van der Waals surface area contributed by atoms with E-state index in [9.17, 15) is 19.5 Å². The van der Waals surface area contributed by atoms with E-state index in [2.05, 4.69) is 15.3 Å². The molecule has 0 bridgehead atoms. The van der Waals surface area contributed by atoms with Gasteiger partial charge < -0.3 is 26.0 Å². The minimum absolute atomic E-state index is 0.152. The van der Waals surface area contributed by atoms with Crippen LogP contribution in [0, 0.1) is 5.92 Å². The number of carbonyl (C=O) groups excluding carboxylic acids is 2. The molecule has 3 atom stereocenters. The summed E-state index contributed by atoms with van der Waals surface area (Å²) in [5.41, 5.74) is 6.66. The molecule has 1 aliphatic heterocycles. The molecule has 0 radical (unpaired) electrons. The van der Waals surface area contributed by atoms with Crippen LogP contribution in [0.25, 0.3) is 0 Å². The van der Waals surface area contributed by atoms with Crippen molar-refractivity contribution in [1.82, 2.24) is 20.2 Å². The third kappa shape index (κ3) is 5.04. The highest BCUT2D eigenvalue weighted by molar-refractivity contribution is 5.92. The summed E-state index contributed by atoms with van der Waals surface area (Å²) in [6, 6.07) is -2.44. The summed E-state index contributed by atoms with van der Waals surface area (Å²) in [6.45, 7) is 4.27. The van der Waals surface area contributed by atoms with Gasteiger partial charge in [-0.3, -0.25) is 9.59 Å². The molecule has 9 heteroatoms. The van der Waals surface area contributed by atoms with Gasteiger partial charge in [-0.05, 0) is 25.2 Å². The molecule has 2 rings (SSSR count). The van der Waals surface area contributed by atoms with Crippen LogP contribution in [0.15, 0.2) is 12.5 Å². The number of likely N-dealkylation sites (tertiary alicyclic amines) is 1. The van der Waals surface area contributed by atoms with Crippen molar-refractivity contribution in [2.45, 2.75) is 57.7 Å². The van der Waals surface area contributed by atoms with Gasteiger partial charge in [-0.1, -0.05) is 13.8 Å². The number of carboxylic acids is 1. The lowest BCUT2D eigenvalue weighted by Crippen LogP contribution is -2.55. The van der Waals surface area contributed by atoms with Crippen LogP contribution in [0.3, 0.4) is 0 Å². The fourth-order valence-electron chi connectivity index (χ4n) is 3.18. The van der Waals surface area contributed by atoms with E-state index < -0.39 is 30.0 Å². The Morgan fingerprint density at radius 3 is 2.77 bits per heavy atom. The number of aromatic amines is 1. The molecule has 2 amide bonds. The Balaban J connectivity index is 2.04. The van der Waals surface area contributed by atoms with Crippen molar-refractivity contribution in [3.63, 3.8) is 0 Å². The number of H-pyrrole nitrogens is 1. The lowest BCUT2D eigenvalue weighted by Gasteiger charge is -2.29. The van der Waals surface area contributed by atoms with Gasteiger partial charge in [-0.25, -0.2) is 9.78 Å². The second-order valence-electron chi connectivity index (χ2n) is 7.11. The van der Waals surface area contributed by atoms with Gasteiger partial charge >= 0.3 is 5.97 Å². The average molecular weight is 365 g/mol. The number of carboxylic acid groups (broad SMARTS) is 1. The van der Waals surface area contributed by atoms with Crippen LogP contribution in [-0.2, 0) is 20.8 Å². The van der Waals surface area contributed by atoms with Gasteiger partial charge in [-0.15, -0.1) is 0 Å². The van der Waals surface area contributed by atoms with Crippen molar-refractivity contribution in [2.24, 2.45) is 11.7 Å². The predicted octanol–water partition coefficient (Wildman–Crippen LogP) is -0.114. The van der Waals surface area contributed by atoms with Crippen molar-refractivity contribution in [3.8, 4) is 0 Å². The van der Waals surface area contributed by atoms with Crippen molar-refractivity contribution in [3.05, 3.63) is 18.2 Å². The van der Waals surface area contributed by atoms with E-state index in [0.717, 1.165) is 5.69 Å². The molecule has 0 spiro atoms. The van der Waals surface area contributed by atoms with Gasteiger partial charge in [0.2, 0.25) is 11.8 Å². The maximum atomic E-state index is 12.9. The highest BCUT2D eigenvalue weighted by Gasteiger charge is 2.38. The Bertz CT molecular complexity index is 631. The third-order valence-electron chi connectivity index (χ3n) is 4.47. The van der Waals surface area contributed by atoms with Crippen molar-refractivity contribution in [2.75, 3.05) is 6.54 Å². The van der Waals surface area contributed by atoms with Crippen LogP contribution in [0.5, 0.6) is 0 Å². The van der Waals surface area contributed by atoms with Crippen LogP contribution in [0.1, 0.15) is 38.8 Å². The Labute approximate surface area is 152 Å². The number of amides is 2. The predicted molar refractivity (Wildman–Crippen MR) is 94.0 cm³/mol. The number of aromatic nitrogens is 2. The van der Waals surface area contributed by atoms with E-state index in [4.69, 9.17) is 5.73 Å². The van der Waals surface area contributed by atoms with Crippen molar-refractivity contribution >= 4 is 17.8 Å². The van der Waals surface area contributed by atoms with Gasteiger partial charge in [0.25, 0.3) is 0 Å². The quantitative estimate of drug-likeness (QED) is 0.506. The number of carbonyl (C=O) groups is 3. The summed E-state index contributed by atoms with van der Waals surface area (Å²) in [6.07, 6.45) is 4.86. The molecule has 5 N–H and O–H groups in total. The Hall–Kier alpha value is -2.42. The van der Waals surface area contributed by atoms with Crippen LogP contribution >= 0.6 is 0 Å². The molecule has 1 aromatic heterocycles. The molecule has 1 fully saturated rings. The average Bonchev–Trinajstić information content (AvgIpc) is 3.24. The molecule has 1 aromatic rings. The number of aliphatic carboxylic acids is 1. The van der Waals surface area contributed by atoms with E-state index in [1.54, 1.807) is 6.20 Å². The minimum atomic E-state index is -1.01. The summed E-state index contributed by atoms with van der Waals surface area (Å²) in [4.78, 5) is 44.8. The molecule has 1 aliphatic rings. The summed E-state index contributed by atoms with van der Waals surface area (Å²) < 4.78 is 0. The van der Waals surface area contributed by atoms with E-state index in [0.29, 0.717) is 25.8 Å². The first kappa shape index (κ1) is 19.9. The first-order valence-electron chi connectivity index (χ1n) is 8.86. The Morgan fingerprint density at radius 2 is 2.19 bits per heavy atom. The van der Waals surface area contributed by atoms with Crippen molar-refractivity contribution < 1.29 is 19.5 Å². The van der Waals surface area contributed by atoms with Crippen molar-refractivity contribution in [1.29, 1.82) is 0 Å². The zero-order chi connectivity index (χ0) is 19.3. The van der Waals surface area contributed by atoms with Gasteiger partial charge in [0.1, 0.15) is 12.1 Å². The third-order valence-corrected chi connectivity index (χ3v) is 4.47. The van der Waals surface area contributed by atoms with E-state index in [1.165, 1.54) is 11.2 Å². The molecule has 144 valence electrons. The zero-order valence-electron chi connectivity index (χ0n) is 15.1. The largest absolute Gasteiger partial charge is 0.480 e. The molecule has 0 unspecified atom stereocenters. The number of nitrogens with zero attached hydrogens (tertiary/aromatic N) is 2. The first-order valence-corrected chi connectivity index (χ1v) is 8.86. The molecule has 9 nitrogen and oxygen atoms in total. The lowest BCUT2D eigenvalue weighted by atomic mass is 10.0. The summed E-state index contributed by atoms with van der Waals surface area (Å²) >= 11 is 0. The fraction of sp³-hybridized carbons (Fsp3) is 0.647. The first-order chi connectivity index (χ1) is 12.3. The second-order valence-corrected chi connectivity index (χ2v) is 7.11. The summed E-state index contributed by atoms with van der Waals surface area (Å²) in [7, 11) is 0. The molecule has 0 saturated carbocycles. The molecule has 1 saturated heterocycles. The minimum Gasteiger partial charge on any atom is -0.480 e. The standard InChI is InChI=1S/C17H27N5O4/c1-10(2)6-13(16(24)22-5-3-4-14(22)17(25)26)21-15(23)12(18)7-11-8-19-9-20-11/h8-10,12-14H,3-7,18H2,1-2H3,(H,19,20)(H,21,23)(H,25,26)/t12-,13-,14-/m0/s1. The normalized spacial score (nSPS) is 19.4. The number of hydrogen-bond acceptors (Lipinski definition) is 5. The summed E-state index contributed by atoms with van der Waals surface area (Å²) in [5.74, 6) is -1.66. The molecular weight excluding hydrogens is 338 g/mol. The molecule has 2 heterocycles. The number of rotatable bonds is 8. The van der Waals surface area contributed by atoms with E-state index in [1.807, 2.05) is 13.8 Å². The number of imidazole rings is 1. The molecule has 0 aliphatic carbocycles. The van der Waals surface area contributed by atoms with E-state index >= 15 is 0 Å². The SMILES string of the molecule is CC(C)C[C@H](NC(=O)[C@@H](N)Cc1cnc[nH]1)C(=O)N1CCC[C@H]1C(=O)O. The molecular formula is C17H27N5O4. The maximum Gasteiger partial charge on any atom is 0.326 e. The topological polar surface area (TPSA) is 141 Å². The van der Waals surface area contributed by atoms with Gasteiger partial charge in [0.05, 0.1) is 12.4 Å². The van der Waals surface area contributed by atoms with Crippen LogP contribution < -0.4 is 11.1 Å². The Kier molecular flexibility index (Phi) is 6.73. The van der Waals surface area contributed by atoms with Crippen LogP contribution in [-0.4, -0.2) is 62.4 Å². The van der Waals surface area contributed by atoms with Crippen LogP contribution in [0.2, 0.25) is 0 Å². The number of nitrogens with two attached hydrogens (primary N) is 1. The van der Waals surface area contributed by atoms with Crippen LogP contribution in [0.4, 0.5) is 0 Å². The Morgan fingerprint density at radius 1 is 1.46 bits per heavy atom. The van der Waals surface area contributed by atoms with Gasteiger partial charge in [0.15, 0.2) is 0 Å². The van der Waals surface area contributed by atoms with Gasteiger partial charge in [-0.2, -0.15) is 0 Å². The van der Waals surface area contributed by atoms with Gasteiger partial charge in [0, 0.05) is 24.9 Å². The second kappa shape index (κ2) is 8.79. The summed E-state index contributed by atoms with van der Waals surface area (Å²) in [5, 5.41) is 12.0. The zero-order valence-corrected chi connectivity index (χ0v) is 15.1. The molecule has 0 aromatic carbocycles. The highest BCUT2D eigenvalue weighted by Crippen LogP contribution is 2.20. The smallest absolute Gasteiger partial charge is 0.326 e. The highest BCUT2D eigenvalue weighted by atomic mass is 16.4. The number of nitrogens with one attached hydrogen (secondary N) is 2.